The van der Waals surface area contributed by atoms with Crippen molar-refractivity contribution in [3.8, 4) is 0 Å². The molecular formula is C20H52Cl2N8O8Pt4-4. The van der Waals surface area contributed by atoms with Crippen LogP contribution in [0.2, 0.25) is 0 Å². The Bertz CT molecular complexity index is 246. The molecule has 278 valence electrons. The third-order valence-corrected chi connectivity index (χ3v) is 2.31. The van der Waals surface area contributed by atoms with Gasteiger partial charge in [0.1, 0.15) is 0 Å². The molecule has 0 aliphatic rings. The molecule has 0 rings (SSSR count). The number of rotatable bonds is 18. The first-order chi connectivity index (χ1) is 19.5. The van der Waals surface area contributed by atoms with Crippen LogP contribution in [0.3, 0.4) is 0 Å². The second kappa shape index (κ2) is 112. The second-order valence-corrected chi connectivity index (χ2v) is 5.47. The minimum Gasteiger partial charge on any atom is -0.676 e. The predicted octanol–water partition coefficient (Wildman–Crippen LogP) is 0.929. The average molecular weight is 1380 g/mol. The maximum Gasteiger partial charge on any atom is 2.00 e. The normalized spacial score (nSPS) is 8.05. The van der Waals surface area contributed by atoms with Crippen LogP contribution in [0.15, 0.2) is 0 Å². The predicted molar refractivity (Wildman–Crippen MR) is 158 cm³/mol. The van der Waals surface area contributed by atoms with Gasteiger partial charge in [0, 0.05) is 52.9 Å². The molecule has 22 heteroatoms. The summed E-state index contributed by atoms with van der Waals surface area (Å²) in [4.78, 5) is 0. The van der Waals surface area contributed by atoms with Crippen LogP contribution in [-0.4, -0.2) is 172 Å². The molecule has 0 amide bonds. The molecule has 0 atom stereocenters. The smallest absolute Gasteiger partial charge is 0.676 e. The first kappa shape index (κ1) is 70.9. The van der Waals surface area contributed by atoms with Crippen LogP contribution in [-0.2, 0) is 79.7 Å². The van der Waals surface area contributed by atoms with E-state index < -0.39 is 0 Å². The largest absolute Gasteiger partial charge is 2.00 e. The molecule has 16 nitrogen and oxygen atoms in total. The van der Waals surface area contributed by atoms with Crippen molar-refractivity contribution in [1.82, 2.24) is 0 Å². The van der Waals surface area contributed by atoms with E-state index in [1.54, 1.807) is 37.5 Å². The topological polar surface area (TPSA) is 313 Å². The summed E-state index contributed by atoms with van der Waals surface area (Å²) in [5.41, 5.74) is 24.8. The number of nitrogens with zero attached hydrogens (tertiary/aromatic N) is 4. The van der Waals surface area contributed by atoms with Gasteiger partial charge in [-0.15, -0.1) is 52.4 Å². The molecule has 0 heterocycles. The van der Waals surface area contributed by atoms with Gasteiger partial charge in [0.2, 0.25) is 0 Å². The van der Waals surface area contributed by atoms with E-state index in [4.69, 9.17) is 63.8 Å². The van der Waals surface area contributed by atoms with Gasteiger partial charge in [0.15, 0.2) is 0 Å². The number of hydrogen-bond acceptors (Lipinski definition) is 8. The Balaban J connectivity index is -0.0000000371. The standard InChI is InChI=1S/2C6H14N2O2.4C2H6NO.2ClH.4Pt/c2*9-5-3-7-1-2-8-4-6-10;4*3-1-2-4;;;;;;/h2*9-10H,1-6H2;4*3-4H,1-2H2;2*1H;;;;/q2*-2;4*-1;;;2*+1;2*+2/p-2. The Morgan fingerprint density at radius 1 is 0.333 bits per heavy atom. The van der Waals surface area contributed by atoms with Crippen LogP contribution in [0.1, 0.15) is 0 Å². The summed E-state index contributed by atoms with van der Waals surface area (Å²) in [5.74, 6) is 0. The van der Waals surface area contributed by atoms with Gasteiger partial charge < -0.3 is 85.1 Å². The Hall–Kier alpha value is 2.69. The van der Waals surface area contributed by atoms with Gasteiger partial charge in [-0.05, 0) is 0 Å². The van der Waals surface area contributed by atoms with Gasteiger partial charge in [0.05, 0.1) is 0 Å². The fraction of sp³-hybridized carbons (Fsp3) is 1.00. The molecule has 0 aromatic heterocycles. The second-order valence-electron chi connectivity index (χ2n) is 5.47. The summed E-state index contributed by atoms with van der Waals surface area (Å²) in [6, 6.07) is 0. The zero-order chi connectivity index (χ0) is 33.0. The summed E-state index contributed by atoms with van der Waals surface area (Å²) < 4.78 is 0. The van der Waals surface area contributed by atoms with Crippen molar-refractivity contribution in [3.05, 3.63) is 44.2 Å². The minimum atomic E-state index is -0.0139. The maximum absolute atomic E-state index is 8.30. The average Bonchev–Trinajstić information content (AvgIpc) is 3.03. The van der Waals surface area contributed by atoms with E-state index in [-0.39, 0.29) is 121 Å². The summed E-state index contributed by atoms with van der Waals surface area (Å²) in [7, 11) is 9.22. The van der Waals surface area contributed by atoms with E-state index in [1.807, 2.05) is 0 Å². The van der Waals surface area contributed by atoms with E-state index in [2.05, 4.69) is 40.1 Å². The third kappa shape index (κ3) is 173. The van der Waals surface area contributed by atoms with Crippen molar-refractivity contribution in [2.75, 3.05) is 131 Å². The van der Waals surface area contributed by atoms with Crippen molar-refractivity contribution >= 4 is 18.8 Å². The molecule has 0 unspecified atom stereocenters. The van der Waals surface area contributed by atoms with E-state index in [1.165, 1.54) is 0 Å². The summed E-state index contributed by atoms with van der Waals surface area (Å²) >= 11 is 3.22. The number of hydrogen-bond donors (Lipinski definition) is 8. The van der Waals surface area contributed by atoms with E-state index in [0.717, 1.165) is 0 Å². The summed E-state index contributed by atoms with van der Waals surface area (Å²) in [6.07, 6.45) is 0. The van der Waals surface area contributed by atoms with Gasteiger partial charge in [-0.1, -0.05) is 0 Å². The minimum absolute atomic E-state index is 0. The fourth-order valence-corrected chi connectivity index (χ4v) is 1.01. The van der Waals surface area contributed by atoms with Gasteiger partial charge in [-0.25, -0.2) is 0 Å². The van der Waals surface area contributed by atoms with Gasteiger partial charge >= 0.3 is 98.5 Å². The third-order valence-electron chi connectivity index (χ3n) is 2.31. The molecular weight excluding hydrogens is 1330 g/mol. The van der Waals surface area contributed by atoms with Gasteiger partial charge in [0.25, 0.3) is 0 Å². The molecule has 42 heavy (non-hydrogen) atoms. The monoisotopic (exact) mass is 1380 g/mol. The summed E-state index contributed by atoms with van der Waals surface area (Å²) in [5, 5.41) is 79.7. The zero-order valence-corrected chi connectivity index (χ0v) is 34.1. The van der Waals surface area contributed by atoms with Crippen molar-refractivity contribution < 1.29 is 121 Å². The Morgan fingerprint density at radius 3 is 0.524 bits per heavy atom. The summed E-state index contributed by atoms with van der Waals surface area (Å²) in [6.45, 7) is 5.48. The van der Waals surface area contributed by atoms with E-state index in [9.17, 15) is 0 Å². The van der Waals surface area contributed by atoms with E-state index in [0.29, 0.717) is 52.4 Å². The molecule has 0 aromatic rings. The molecule has 0 aliphatic heterocycles. The van der Waals surface area contributed by atoms with Crippen LogP contribution >= 0.6 is 18.8 Å². The zero-order valence-electron chi connectivity index (χ0n) is 23.5. The molecule has 0 fully saturated rings. The van der Waals surface area contributed by atoms with Crippen LogP contribution in [0.4, 0.5) is 0 Å². The number of aliphatic hydroxyl groups is 8. The van der Waals surface area contributed by atoms with Gasteiger partial charge in [-0.2, -0.15) is 26.2 Å². The Kier molecular flexibility index (Phi) is 189. The Labute approximate surface area is 312 Å². The van der Waals surface area contributed by atoms with Crippen LogP contribution in [0.25, 0.3) is 44.2 Å². The molecule has 0 saturated heterocycles. The van der Waals surface area contributed by atoms with Crippen molar-refractivity contribution in [2.45, 2.75) is 0 Å². The number of halogens is 2. The SMILES string of the molecule is OCC[N-]CC[N-]CCO.OCC[N-]CC[N-]CCO.[Cl][Pt].[Cl][Pt].[NH-]CCO.[NH-]CCO.[NH-]CCO.[NH-]CCO.[Pt+2].[Pt+2]. The van der Waals surface area contributed by atoms with Gasteiger partial charge in [-0.3, -0.25) is 0 Å². The number of nitrogens with one attached hydrogen (secondary N) is 4. The van der Waals surface area contributed by atoms with Crippen LogP contribution < -0.4 is 0 Å². The van der Waals surface area contributed by atoms with Crippen LogP contribution in [0.5, 0.6) is 0 Å². The molecule has 0 saturated carbocycles. The fourth-order valence-electron chi connectivity index (χ4n) is 1.01. The first-order valence-corrected chi connectivity index (χ1v) is 17.3. The molecule has 0 bridgehead atoms. The quantitative estimate of drug-likeness (QED) is 0.0911. The molecule has 0 aliphatic carbocycles. The maximum atomic E-state index is 8.30. The molecule has 12 N–H and O–H groups in total. The molecule has 0 spiro atoms. The molecule has 0 radical (unpaired) electrons. The van der Waals surface area contributed by atoms with Crippen molar-refractivity contribution in [3.63, 3.8) is 0 Å². The van der Waals surface area contributed by atoms with Crippen molar-refractivity contribution in [2.24, 2.45) is 0 Å². The van der Waals surface area contributed by atoms with Crippen LogP contribution in [0, 0.1) is 0 Å². The van der Waals surface area contributed by atoms with E-state index >= 15 is 0 Å². The number of aliphatic hydroxyl groups excluding tert-OH is 8. The molecule has 0 aromatic carbocycles. The van der Waals surface area contributed by atoms with Crippen molar-refractivity contribution in [1.29, 1.82) is 0 Å². The Morgan fingerprint density at radius 2 is 0.452 bits per heavy atom. The first-order valence-electron chi connectivity index (χ1n) is 11.7.